The third-order valence-corrected chi connectivity index (χ3v) is 2.30. The largest absolute Gasteiger partial charge is 0.480 e. The average Bonchev–Trinajstić information content (AvgIpc) is 2.97. The van der Waals surface area contributed by atoms with Gasteiger partial charge in [-0.05, 0) is 12.1 Å². The van der Waals surface area contributed by atoms with E-state index in [-0.39, 0.29) is 12.3 Å². The molecule has 9 heteroatoms. The molecular weight excluding hydrogens is 280 g/mol. The fraction of sp³-hybridized carbons (Fsp3) is 0.167. The zero-order valence-electron chi connectivity index (χ0n) is 10.8. The van der Waals surface area contributed by atoms with Gasteiger partial charge in [-0.3, -0.25) is 0 Å². The minimum absolute atomic E-state index is 0.0977. The van der Waals surface area contributed by atoms with Crippen LogP contribution in [0.2, 0.25) is 0 Å². The number of carbonyl (C=O) groups excluding carboxylic acids is 1. The zero-order valence-corrected chi connectivity index (χ0v) is 10.8. The summed E-state index contributed by atoms with van der Waals surface area (Å²) in [5.41, 5.74) is 0.351. The van der Waals surface area contributed by atoms with Crippen LogP contribution in [0.25, 0.3) is 0 Å². The number of para-hydroxylation sites is 2. The summed E-state index contributed by atoms with van der Waals surface area (Å²) in [5.74, 6) is -0.512. The Morgan fingerprint density at radius 2 is 2.14 bits per heavy atom. The van der Waals surface area contributed by atoms with Crippen molar-refractivity contribution in [3.05, 3.63) is 36.5 Å². The first-order valence-electron chi connectivity index (χ1n) is 5.89. The van der Waals surface area contributed by atoms with Crippen LogP contribution in [-0.2, 0) is 11.3 Å². The fourth-order valence-electron chi connectivity index (χ4n) is 1.43. The van der Waals surface area contributed by atoms with Crippen molar-refractivity contribution in [1.82, 2.24) is 15.5 Å². The fourth-order valence-corrected chi connectivity index (χ4v) is 1.43. The topological polar surface area (TPSA) is 127 Å². The lowest BCUT2D eigenvalue weighted by atomic mass is 10.3. The molecule has 0 spiro atoms. The van der Waals surface area contributed by atoms with E-state index in [9.17, 15) is 9.59 Å². The van der Waals surface area contributed by atoms with Crippen LogP contribution in [0.1, 0.15) is 5.82 Å². The number of urea groups is 1. The summed E-state index contributed by atoms with van der Waals surface area (Å²) >= 11 is 0. The van der Waals surface area contributed by atoms with Gasteiger partial charge in [0.15, 0.2) is 12.4 Å². The van der Waals surface area contributed by atoms with Crippen molar-refractivity contribution in [2.45, 2.75) is 6.54 Å². The van der Waals surface area contributed by atoms with Gasteiger partial charge in [-0.1, -0.05) is 17.3 Å². The molecule has 1 aromatic heterocycles. The summed E-state index contributed by atoms with van der Waals surface area (Å²) < 4.78 is 9.60. The molecule has 0 atom stereocenters. The van der Waals surface area contributed by atoms with Crippen LogP contribution in [0, 0.1) is 0 Å². The number of benzene rings is 1. The predicted octanol–water partition coefficient (Wildman–Crippen LogP) is 0.855. The summed E-state index contributed by atoms with van der Waals surface area (Å²) in [4.78, 5) is 26.0. The SMILES string of the molecule is O=C(O)COc1ccccc1NC(=O)NCc1ncon1. The highest BCUT2D eigenvalue weighted by Gasteiger charge is 2.09. The molecule has 0 aliphatic rings. The molecule has 0 radical (unpaired) electrons. The molecule has 1 heterocycles. The molecule has 2 aromatic rings. The third-order valence-electron chi connectivity index (χ3n) is 2.30. The quantitative estimate of drug-likeness (QED) is 0.720. The second-order valence-electron chi connectivity index (χ2n) is 3.83. The summed E-state index contributed by atoms with van der Waals surface area (Å²) in [6.07, 6.45) is 1.16. The molecule has 3 N–H and O–H groups in total. The van der Waals surface area contributed by atoms with Crippen molar-refractivity contribution in [2.24, 2.45) is 0 Å². The molecule has 21 heavy (non-hydrogen) atoms. The van der Waals surface area contributed by atoms with Crippen molar-refractivity contribution < 1.29 is 24.0 Å². The number of aliphatic carboxylic acids is 1. The van der Waals surface area contributed by atoms with E-state index in [1.54, 1.807) is 24.3 Å². The van der Waals surface area contributed by atoms with Crippen molar-refractivity contribution in [2.75, 3.05) is 11.9 Å². The van der Waals surface area contributed by atoms with Gasteiger partial charge in [0, 0.05) is 0 Å². The maximum Gasteiger partial charge on any atom is 0.341 e. The summed E-state index contributed by atoms with van der Waals surface area (Å²) in [7, 11) is 0. The maximum atomic E-state index is 11.7. The highest BCUT2D eigenvalue weighted by atomic mass is 16.5. The van der Waals surface area contributed by atoms with Gasteiger partial charge in [0.05, 0.1) is 12.2 Å². The highest BCUT2D eigenvalue weighted by Crippen LogP contribution is 2.23. The molecule has 0 aliphatic carbocycles. The van der Waals surface area contributed by atoms with Crippen molar-refractivity contribution in [3.8, 4) is 5.75 Å². The number of carboxylic acids is 1. The van der Waals surface area contributed by atoms with Gasteiger partial charge in [-0.25, -0.2) is 9.59 Å². The van der Waals surface area contributed by atoms with Gasteiger partial charge < -0.3 is 25.0 Å². The number of carboxylic acid groups (broad SMARTS) is 1. The highest BCUT2D eigenvalue weighted by molar-refractivity contribution is 5.90. The minimum atomic E-state index is -1.11. The molecule has 110 valence electrons. The molecule has 0 aliphatic heterocycles. The van der Waals surface area contributed by atoms with E-state index in [0.717, 1.165) is 6.39 Å². The number of nitrogens with one attached hydrogen (secondary N) is 2. The molecular formula is C12H12N4O5. The Morgan fingerprint density at radius 1 is 1.33 bits per heavy atom. The number of ether oxygens (including phenoxy) is 1. The van der Waals surface area contributed by atoms with Gasteiger partial charge in [-0.15, -0.1) is 0 Å². The maximum absolute atomic E-state index is 11.7. The molecule has 0 bridgehead atoms. The van der Waals surface area contributed by atoms with Crippen LogP contribution < -0.4 is 15.4 Å². The van der Waals surface area contributed by atoms with Gasteiger partial charge in [0.2, 0.25) is 6.39 Å². The van der Waals surface area contributed by atoms with E-state index in [1.165, 1.54) is 0 Å². The predicted molar refractivity (Wildman–Crippen MR) is 69.7 cm³/mol. The number of aromatic nitrogens is 2. The second kappa shape index (κ2) is 6.89. The first-order chi connectivity index (χ1) is 10.1. The molecule has 2 rings (SSSR count). The van der Waals surface area contributed by atoms with Gasteiger partial charge in [0.25, 0.3) is 0 Å². The number of nitrogens with zero attached hydrogens (tertiary/aromatic N) is 2. The summed E-state index contributed by atoms with van der Waals surface area (Å²) in [6, 6.07) is 5.98. The monoisotopic (exact) mass is 292 g/mol. The lowest BCUT2D eigenvalue weighted by Crippen LogP contribution is -2.28. The van der Waals surface area contributed by atoms with E-state index in [1.807, 2.05) is 0 Å². The number of carbonyl (C=O) groups is 2. The Balaban J connectivity index is 1.92. The van der Waals surface area contributed by atoms with Crippen molar-refractivity contribution in [3.63, 3.8) is 0 Å². The van der Waals surface area contributed by atoms with Crippen molar-refractivity contribution >= 4 is 17.7 Å². The number of hydrogen-bond acceptors (Lipinski definition) is 6. The number of anilines is 1. The molecule has 0 unspecified atom stereocenters. The molecule has 1 aromatic carbocycles. The molecule has 0 saturated carbocycles. The van der Waals surface area contributed by atoms with Crippen LogP contribution in [0.15, 0.2) is 35.2 Å². The second-order valence-corrected chi connectivity index (χ2v) is 3.83. The molecule has 9 nitrogen and oxygen atoms in total. The lowest BCUT2D eigenvalue weighted by molar-refractivity contribution is -0.139. The first-order valence-corrected chi connectivity index (χ1v) is 5.89. The Bertz CT molecular complexity index is 614. The Morgan fingerprint density at radius 3 is 2.86 bits per heavy atom. The standard InChI is InChI=1S/C12H12N4O5/c17-11(18)6-20-9-4-2-1-3-8(9)15-12(19)13-5-10-14-7-21-16-10/h1-4,7H,5-6H2,(H,17,18)(H2,13,15,19). The zero-order chi connectivity index (χ0) is 15.1. The van der Waals surface area contributed by atoms with E-state index in [4.69, 9.17) is 9.84 Å². The van der Waals surface area contributed by atoms with Crippen LogP contribution >= 0.6 is 0 Å². The summed E-state index contributed by atoms with van der Waals surface area (Å²) in [6.45, 7) is -0.399. The summed E-state index contributed by atoms with van der Waals surface area (Å²) in [5, 5.41) is 17.2. The number of amides is 2. The molecule has 0 saturated heterocycles. The van der Waals surface area contributed by atoms with E-state index >= 15 is 0 Å². The van der Waals surface area contributed by atoms with E-state index < -0.39 is 18.6 Å². The van der Waals surface area contributed by atoms with Gasteiger partial charge >= 0.3 is 12.0 Å². The average molecular weight is 292 g/mol. The first kappa shape index (κ1) is 14.3. The molecule has 2 amide bonds. The lowest BCUT2D eigenvalue weighted by Gasteiger charge is -2.11. The van der Waals surface area contributed by atoms with Crippen molar-refractivity contribution in [1.29, 1.82) is 0 Å². The van der Waals surface area contributed by atoms with Crippen LogP contribution in [0.3, 0.4) is 0 Å². The molecule has 0 fully saturated rings. The Hall–Kier alpha value is -3.10. The Kier molecular flexibility index (Phi) is 4.70. The third kappa shape index (κ3) is 4.49. The smallest absolute Gasteiger partial charge is 0.341 e. The van der Waals surface area contributed by atoms with Crippen LogP contribution in [0.4, 0.5) is 10.5 Å². The van der Waals surface area contributed by atoms with Crippen LogP contribution in [0.5, 0.6) is 5.75 Å². The van der Waals surface area contributed by atoms with E-state index in [2.05, 4.69) is 25.3 Å². The van der Waals surface area contributed by atoms with Gasteiger partial charge in [-0.2, -0.15) is 4.98 Å². The van der Waals surface area contributed by atoms with Crippen LogP contribution in [-0.4, -0.2) is 33.9 Å². The van der Waals surface area contributed by atoms with E-state index in [0.29, 0.717) is 11.5 Å². The Labute approximate surface area is 118 Å². The number of rotatable bonds is 6. The normalized spacial score (nSPS) is 9.90. The van der Waals surface area contributed by atoms with Gasteiger partial charge in [0.1, 0.15) is 5.75 Å². The minimum Gasteiger partial charge on any atom is -0.480 e. The number of hydrogen-bond donors (Lipinski definition) is 3.